The zero-order valence-corrected chi connectivity index (χ0v) is 11.3. The number of amides is 1. The average molecular weight is 317 g/mol. The predicted molar refractivity (Wildman–Crippen MR) is 75.5 cm³/mol. The number of carbonyl (C=O) groups excluding carboxylic acids is 1. The van der Waals surface area contributed by atoms with Gasteiger partial charge in [-0.2, -0.15) is 5.26 Å². The van der Waals surface area contributed by atoms with Crippen LogP contribution < -0.4 is 11.1 Å². The molecule has 1 heterocycles. The van der Waals surface area contributed by atoms with Gasteiger partial charge in [0.15, 0.2) is 0 Å². The van der Waals surface area contributed by atoms with Gasteiger partial charge in [0, 0.05) is 10.7 Å². The number of pyridine rings is 1. The molecule has 0 bridgehead atoms. The number of hydrogen-bond donors (Lipinski definition) is 2. The molecule has 3 N–H and O–H groups in total. The summed E-state index contributed by atoms with van der Waals surface area (Å²) in [6.07, 6.45) is 1.53. The molecule has 2 rings (SSSR count). The molecule has 0 aliphatic rings. The number of rotatable bonds is 2. The van der Waals surface area contributed by atoms with E-state index in [1.807, 2.05) is 6.07 Å². The van der Waals surface area contributed by atoms with Crippen molar-refractivity contribution in [1.82, 2.24) is 4.98 Å². The van der Waals surface area contributed by atoms with E-state index < -0.39 is 0 Å². The predicted octanol–water partition coefficient (Wildman–Crippen LogP) is 2.55. The van der Waals surface area contributed by atoms with Gasteiger partial charge in [-0.3, -0.25) is 4.79 Å². The first kappa shape index (κ1) is 13.1. The third-order valence-electron chi connectivity index (χ3n) is 2.40. The molecule has 0 fully saturated rings. The number of carbonyl (C=O) groups is 1. The van der Waals surface area contributed by atoms with Crippen LogP contribution in [-0.4, -0.2) is 10.9 Å². The van der Waals surface area contributed by atoms with E-state index in [-0.39, 0.29) is 11.6 Å². The van der Waals surface area contributed by atoms with Gasteiger partial charge in [0.25, 0.3) is 5.91 Å². The van der Waals surface area contributed by atoms with Crippen LogP contribution in [0.3, 0.4) is 0 Å². The quantitative estimate of drug-likeness (QED) is 0.833. The number of nitriles is 1. The number of aromatic nitrogens is 1. The van der Waals surface area contributed by atoms with Gasteiger partial charge in [0.2, 0.25) is 0 Å². The lowest BCUT2D eigenvalue weighted by Crippen LogP contribution is -2.15. The lowest BCUT2D eigenvalue weighted by Gasteiger charge is -2.08. The summed E-state index contributed by atoms with van der Waals surface area (Å²) in [6.45, 7) is 0. The molecule has 0 saturated heterocycles. The Morgan fingerprint density at radius 1 is 1.42 bits per heavy atom. The molecular weight excluding hydrogens is 308 g/mol. The smallest absolute Gasteiger partial charge is 0.275 e. The Bertz CT molecular complexity index is 679. The molecule has 0 aliphatic heterocycles. The molecule has 19 heavy (non-hydrogen) atoms. The van der Waals surface area contributed by atoms with Crippen molar-refractivity contribution < 1.29 is 4.79 Å². The largest absolute Gasteiger partial charge is 0.397 e. The molecule has 94 valence electrons. The highest BCUT2D eigenvalue weighted by atomic mass is 79.9. The van der Waals surface area contributed by atoms with Crippen LogP contribution in [0, 0.1) is 11.3 Å². The average Bonchev–Trinajstić information content (AvgIpc) is 2.41. The van der Waals surface area contributed by atoms with Gasteiger partial charge in [-0.05, 0) is 46.3 Å². The van der Waals surface area contributed by atoms with Gasteiger partial charge in [0.05, 0.1) is 23.0 Å². The van der Waals surface area contributed by atoms with Crippen LogP contribution in [0.4, 0.5) is 11.4 Å². The van der Waals surface area contributed by atoms with Crippen LogP contribution in [0.5, 0.6) is 0 Å². The van der Waals surface area contributed by atoms with E-state index in [2.05, 4.69) is 26.2 Å². The van der Waals surface area contributed by atoms with E-state index in [9.17, 15) is 4.79 Å². The van der Waals surface area contributed by atoms with Gasteiger partial charge < -0.3 is 11.1 Å². The SMILES string of the molecule is N#Cc1ccc(NC(=O)c2ncccc2Br)c(N)c1. The molecule has 0 spiro atoms. The monoisotopic (exact) mass is 316 g/mol. The van der Waals surface area contributed by atoms with Crippen molar-refractivity contribution in [3.8, 4) is 6.07 Å². The van der Waals surface area contributed by atoms with Gasteiger partial charge >= 0.3 is 0 Å². The second-order valence-corrected chi connectivity index (χ2v) is 4.56. The zero-order valence-electron chi connectivity index (χ0n) is 9.72. The molecule has 0 unspecified atom stereocenters. The number of halogens is 1. The maximum atomic E-state index is 12.0. The number of nitrogen functional groups attached to an aromatic ring is 1. The summed E-state index contributed by atoms with van der Waals surface area (Å²) in [6, 6.07) is 10.1. The van der Waals surface area contributed by atoms with Crippen molar-refractivity contribution >= 4 is 33.2 Å². The molecule has 5 nitrogen and oxygen atoms in total. The van der Waals surface area contributed by atoms with Crippen LogP contribution >= 0.6 is 15.9 Å². The van der Waals surface area contributed by atoms with Crippen molar-refractivity contribution in [3.63, 3.8) is 0 Å². The standard InChI is InChI=1S/C13H9BrN4O/c14-9-2-1-5-17-12(9)13(19)18-11-4-3-8(7-15)6-10(11)16/h1-6H,16H2,(H,18,19). The Balaban J connectivity index is 2.25. The maximum Gasteiger partial charge on any atom is 0.275 e. The summed E-state index contributed by atoms with van der Waals surface area (Å²) in [5, 5.41) is 11.4. The Labute approximate surface area is 118 Å². The molecule has 0 saturated carbocycles. The molecular formula is C13H9BrN4O. The first-order valence-corrected chi connectivity index (χ1v) is 6.12. The topological polar surface area (TPSA) is 91.8 Å². The van der Waals surface area contributed by atoms with Gasteiger partial charge in [-0.1, -0.05) is 0 Å². The molecule has 0 atom stereocenters. The summed E-state index contributed by atoms with van der Waals surface area (Å²) in [7, 11) is 0. The number of anilines is 2. The van der Waals surface area contributed by atoms with Crippen molar-refractivity contribution in [1.29, 1.82) is 5.26 Å². The summed E-state index contributed by atoms with van der Waals surface area (Å²) in [5.41, 5.74) is 7.25. The molecule has 0 radical (unpaired) electrons. The maximum absolute atomic E-state index is 12.0. The highest BCUT2D eigenvalue weighted by Gasteiger charge is 2.12. The number of nitrogens with one attached hydrogen (secondary N) is 1. The van der Waals surface area contributed by atoms with Crippen molar-refractivity contribution in [2.75, 3.05) is 11.1 Å². The minimum atomic E-state index is -0.371. The van der Waals surface area contributed by atoms with E-state index in [0.717, 1.165) is 0 Å². The van der Waals surface area contributed by atoms with Crippen LogP contribution in [0.2, 0.25) is 0 Å². The first-order chi connectivity index (χ1) is 9.11. The molecule has 2 aromatic rings. The van der Waals surface area contributed by atoms with Gasteiger partial charge in [-0.15, -0.1) is 0 Å². The summed E-state index contributed by atoms with van der Waals surface area (Å²) < 4.78 is 0.597. The van der Waals surface area contributed by atoms with Crippen LogP contribution in [0.25, 0.3) is 0 Å². The number of nitrogens with zero attached hydrogens (tertiary/aromatic N) is 2. The van der Waals surface area contributed by atoms with Crippen molar-refractivity contribution in [2.45, 2.75) is 0 Å². The van der Waals surface area contributed by atoms with E-state index in [4.69, 9.17) is 11.0 Å². The minimum absolute atomic E-state index is 0.270. The van der Waals surface area contributed by atoms with Crippen LogP contribution in [-0.2, 0) is 0 Å². The lowest BCUT2D eigenvalue weighted by atomic mass is 10.2. The summed E-state index contributed by atoms with van der Waals surface area (Å²) >= 11 is 3.25. The molecule has 1 aromatic heterocycles. The second kappa shape index (κ2) is 5.50. The highest BCUT2D eigenvalue weighted by Crippen LogP contribution is 2.21. The normalized spacial score (nSPS) is 9.68. The first-order valence-electron chi connectivity index (χ1n) is 5.33. The fourth-order valence-electron chi connectivity index (χ4n) is 1.48. The Morgan fingerprint density at radius 3 is 2.84 bits per heavy atom. The minimum Gasteiger partial charge on any atom is -0.397 e. The Kier molecular flexibility index (Phi) is 3.78. The van der Waals surface area contributed by atoms with Gasteiger partial charge in [0.1, 0.15) is 5.69 Å². The summed E-state index contributed by atoms with van der Waals surface area (Å²) in [5.74, 6) is -0.371. The third kappa shape index (κ3) is 2.89. The Hall–Kier alpha value is -2.39. The van der Waals surface area contributed by atoms with Crippen LogP contribution in [0.15, 0.2) is 41.0 Å². The number of hydrogen-bond acceptors (Lipinski definition) is 4. The van der Waals surface area contributed by atoms with E-state index in [1.165, 1.54) is 12.3 Å². The molecule has 1 aromatic carbocycles. The third-order valence-corrected chi connectivity index (χ3v) is 3.04. The van der Waals surface area contributed by atoms with Crippen molar-refractivity contribution in [3.05, 3.63) is 52.3 Å². The fraction of sp³-hybridized carbons (Fsp3) is 0. The van der Waals surface area contributed by atoms with E-state index in [0.29, 0.717) is 21.4 Å². The van der Waals surface area contributed by atoms with E-state index in [1.54, 1.807) is 24.3 Å². The second-order valence-electron chi connectivity index (χ2n) is 3.70. The molecule has 0 aliphatic carbocycles. The lowest BCUT2D eigenvalue weighted by molar-refractivity contribution is 0.102. The zero-order chi connectivity index (χ0) is 13.8. The number of benzene rings is 1. The van der Waals surface area contributed by atoms with Crippen LogP contribution in [0.1, 0.15) is 16.1 Å². The summed E-state index contributed by atoms with van der Waals surface area (Å²) in [4.78, 5) is 16.0. The van der Waals surface area contributed by atoms with Crippen molar-refractivity contribution in [2.24, 2.45) is 0 Å². The highest BCUT2D eigenvalue weighted by molar-refractivity contribution is 9.10. The number of nitrogens with two attached hydrogens (primary N) is 1. The van der Waals surface area contributed by atoms with Gasteiger partial charge in [-0.25, -0.2) is 4.98 Å². The molecule has 6 heteroatoms. The fourth-order valence-corrected chi connectivity index (χ4v) is 1.92. The Morgan fingerprint density at radius 2 is 2.21 bits per heavy atom. The molecule has 1 amide bonds. The van der Waals surface area contributed by atoms with E-state index >= 15 is 0 Å².